The van der Waals surface area contributed by atoms with Gasteiger partial charge in [-0.25, -0.2) is 0 Å². The van der Waals surface area contributed by atoms with Crippen LogP contribution in [0.3, 0.4) is 0 Å². The van der Waals surface area contributed by atoms with Crippen LogP contribution in [0.25, 0.3) is 0 Å². The maximum absolute atomic E-state index is 12.4. The number of hydrogen-bond acceptors (Lipinski definition) is 3. The fraction of sp³-hybridized carbons (Fsp3) is 0.440. The maximum Gasteiger partial charge on any atom is 0.251 e. The number of piperidine rings is 1. The number of ether oxygens (including phenoxy) is 1. The molecule has 1 unspecified atom stereocenters. The Kier molecular flexibility index (Phi) is 10.8. The first kappa shape index (κ1) is 26.0. The van der Waals surface area contributed by atoms with Crippen molar-refractivity contribution in [1.82, 2.24) is 15.5 Å². The van der Waals surface area contributed by atoms with Gasteiger partial charge in [-0.15, -0.1) is 24.0 Å². The highest BCUT2D eigenvalue weighted by molar-refractivity contribution is 14.0. The van der Waals surface area contributed by atoms with Crippen LogP contribution in [-0.2, 0) is 6.54 Å². The molecule has 2 aromatic rings. The topological polar surface area (TPSA) is 66.0 Å². The van der Waals surface area contributed by atoms with Crippen molar-refractivity contribution in [3.63, 3.8) is 0 Å². The second-order valence-corrected chi connectivity index (χ2v) is 8.00. The van der Waals surface area contributed by atoms with E-state index in [1.165, 1.54) is 0 Å². The summed E-state index contributed by atoms with van der Waals surface area (Å²) in [6.07, 6.45) is 3.07. The highest BCUT2D eigenvalue weighted by atomic mass is 127. The second kappa shape index (κ2) is 13.3. The van der Waals surface area contributed by atoms with Crippen LogP contribution in [0.1, 0.15) is 49.0 Å². The molecule has 174 valence electrons. The summed E-state index contributed by atoms with van der Waals surface area (Å²) in [4.78, 5) is 19.1. The normalized spacial score (nSPS) is 15.5. The quantitative estimate of drug-likeness (QED) is 0.304. The molecule has 1 aliphatic heterocycles. The highest BCUT2D eigenvalue weighted by Crippen LogP contribution is 2.18. The highest BCUT2D eigenvalue weighted by Gasteiger charge is 2.22. The number of amides is 1. The summed E-state index contributed by atoms with van der Waals surface area (Å²) >= 11 is 0. The largest absolute Gasteiger partial charge is 0.490 e. The molecule has 0 aromatic heterocycles. The maximum atomic E-state index is 12.4. The smallest absolute Gasteiger partial charge is 0.251 e. The van der Waals surface area contributed by atoms with Gasteiger partial charge >= 0.3 is 0 Å². The summed E-state index contributed by atoms with van der Waals surface area (Å²) in [5, 5.41) is 6.46. The van der Waals surface area contributed by atoms with E-state index in [0.717, 1.165) is 49.6 Å². The van der Waals surface area contributed by atoms with Gasteiger partial charge in [-0.05, 0) is 43.2 Å². The Bertz CT molecular complexity index is 867. The number of carbonyl (C=O) groups excluding carboxylic acids is 1. The Morgan fingerprint density at radius 1 is 1.16 bits per heavy atom. The van der Waals surface area contributed by atoms with Crippen molar-refractivity contribution >= 4 is 35.8 Å². The molecule has 1 aliphatic rings. The number of nitrogens with zero attached hydrogens (tertiary/aromatic N) is 2. The molecular weight excluding hydrogens is 515 g/mol. The van der Waals surface area contributed by atoms with Crippen molar-refractivity contribution in [2.24, 2.45) is 4.99 Å². The van der Waals surface area contributed by atoms with Gasteiger partial charge in [0.2, 0.25) is 0 Å². The summed E-state index contributed by atoms with van der Waals surface area (Å²) in [6.45, 7) is 6.50. The number of carbonyl (C=O) groups is 1. The van der Waals surface area contributed by atoms with Crippen LogP contribution < -0.4 is 15.4 Å². The predicted molar refractivity (Wildman–Crippen MR) is 141 cm³/mol. The second-order valence-electron chi connectivity index (χ2n) is 8.00. The van der Waals surface area contributed by atoms with E-state index in [9.17, 15) is 4.79 Å². The summed E-state index contributed by atoms with van der Waals surface area (Å²) in [7, 11) is 1.81. The third kappa shape index (κ3) is 7.69. The van der Waals surface area contributed by atoms with Gasteiger partial charge in [0.15, 0.2) is 5.96 Å². The molecule has 2 N–H and O–H groups in total. The lowest BCUT2D eigenvalue weighted by atomic mass is 10.1. The van der Waals surface area contributed by atoms with Crippen LogP contribution in [0, 0.1) is 0 Å². The van der Waals surface area contributed by atoms with Gasteiger partial charge < -0.3 is 20.3 Å². The molecule has 1 heterocycles. The van der Waals surface area contributed by atoms with Gasteiger partial charge in [0, 0.05) is 51.1 Å². The molecular formula is C25H35IN4O2. The molecule has 6 nitrogen and oxygen atoms in total. The standard InChI is InChI=1S/C25H34N4O2.HI/c1-4-19(2)28-24(30)21-10-8-9-20(17-21)18-27-25(26-3)29-15-13-23(14-16-29)31-22-11-6-5-7-12-22;/h5-12,17,19,23H,4,13-16,18H2,1-3H3,(H,26,27)(H,28,30);1H. The summed E-state index contributed by atoms with van der Waals surface area (Å²) < 4.78 is 6.09. The number of aliphatic imine (C=N–C) groups is 1. The average molecular weight is 550 g/mol. The van der Waals surface area contributed by atoms with Crippen molar-refractivity contribution in [3.05, 3.63) is 65.7 Å². The number of para-hydroxylation sites is 1. The number of benzene rings is 2. The third-order valence-electron chi connectivity index (χ3n) is 5.63. The molecule has 1 amide bonds. The van der Waals surface area contributed by atoms with E-state index >= 15 is 0 Å². The van der Waals surface area contributed by atoms with Crippen molar-refractivity contribution < 1.29 is 9.53 Å². The van der Waals surface area contributed by atoms with Crippen molar-refractivity contribution in [2.45, 2.75) is 51.8 Å². The number of nitrogens with one attached hydrogen (secondary N) is 2. The SMILES string of the molecule is CCC(C)NC(=O)c1cccc(CNC(=NC)N2CCC(Oc3ccccc3)CC2)c1.I. The van der Waals surface area contributed by atoms with E-state index < -0.39 is 0 Å². The van der Waals surface area contributed by atoms with Gasteiger partial charge in [0.05, 0.1) is 0 Å². The van der Waals surface area contributed by atoms with E-state index in [-0.39, 0.29) is 42.0 Å². The van der Waals surface area contributed by atoms with E-state index in [2.05, 4.69) is 27.4 Å². The average Bonchev–Trinajstić information content (AvgIpc) is 2.81. The molecule has 1 saturated heterocycles. The fourth-order valence-corrected chi connectivity index (χ4v) is 3.62. The number of halogens is 1. The van der Waals surface area contributed by atoms with E-state index in [1.54, 1.807) is 0 Å². The molecule has 0 radical (unpaired) electrons. The molecule has 3 rings (SSSR count). The molecule has 7 heteroatoms. The lowest BCUT2D eigenvalue weighted by molar-refractivity contribution is 0.0939. The van der Waals surface area contributed by atoms with Crippen molar-refractivity contribution in [1.29, 1.82) is 0 Å². The van der Waals surface area contributed by atoms with Crippen LogP contribution in [0.5, 0.6) is 5.75 Å². The molecule has 1 fully saturated rings. The zero-order valence-electron chi connectivity index (χ0n) is 19.2. The first-order valence-corrected chi connectivity index (χ1v) is 11.2. The number of guanidine groups is 1. The Morgan fingerprint density at radius 3 is 2.53 bits per heavy atom. The number of hydrogen-bond donors (Lipinski definition) is 2. The molecule has 0 saturated carbocycles. The Balaban J connectivity index is 0.00000363. The lowest BCUT2D eigenvalue weighted by Crippen LogP contribution is -2.47. The van der Waals surface area contributed by atoms with Gasteiger partial charge in [0.25, 0.3) is 5.91 Å². The van der Waals surface area contributed by atoms with Crippen molar-refractivity contribution in [3.8, 4) is 5.75 Å². The summed E-state index contributed by atoms with van der Waals surface area (Å²) in [6, 6.07) is 17.9. The molecule has 0 aliphatic carbocycles. The fourth-order valence-electron chi connectivity index (χ4n) is 3.62. The van der Waals surface area contributed by atoms with E-state index in [1.807, 2.05) is 68.6 Å². The number of rotatable bonds is 7. The first-order valence-electron chi connectivity index (χ1n) is 11.2. The van der Waals surface area contributed by atoms with Crippen LogP contribution in [-0.4, -0.2) is 49.0 Å². The molecule has 1 atom stereocenters. The molecule has 0 bridgehead atoms. The zero-order chi connectivity index (χ0) is 22.1. The minimum Gasteiger partial charge on any atom is -0.490 e. The Morgan fingerprint density at radius 2 is 1.88 bits per heavy atom. The molecule has 32 heavy (non-hydrogen) atoms. The molecule has 2 aromatic carbocycles. The van der Waals surface area contributed by atoms with E-state index in [4.69, 9.17) is 4.74 Å². The van der Waals surface area contributed by atoms with Crippen molar-refractivity contribution in [2.75, 3.05) is 20.1 Å². The van der Waals surface area contributed by atoms with Crippen LogP contribution in [0.2, 0.25) is 0 Å². The third-order valence-corrected chi connectivity index (χ3v) is 5.63. The minimum atomic E-state index is -0.0268. The first-order chi connectivity index (χ1) is 15.1. The lowest BCUT2D eigenvalue weighted by Gasteiger charge is -2.34. The number of likely N-dealkylation sites (tertiary alicyclic amines) is 1. The van der Waals surface area contributed by atoms with Gasteiger partial charge in [-0.2, -0.15) is 0 Å². The minimum absolute atomic E-state index is 0. The monoisotopic (exact) mass is 550 g/mol. The molecule has 0 spiro atoms. The Labute approximate surface area is 208 Å². The van der Waals surface area contributed by atoms with Crippen LogP contribution >= 0.6 is 24.0 Å². The Hall–Kier alpha value is -2.29. The zero-order valence-corrected chi connectivity index (χ0v) is 21.5. The van der Waals surface area contributed by atoms with Gasteiger partial charge in [-0.3, -0.25) is 9.79 Å². The van der Waals surface area contributed by atoms with Crippen LogP contribution in [0.4, 0.5) is 0 Å². The van der Waals surface area contributed by atoms with Crippen LogP contribution in [0.15, 0.2) is 59.6 Å². The van der Waals surface area contributed by atoms with E-state index in [0.29, 0.717) is 12.1 Å². The predicted octanol–water partition coefficient (Wildman–Crippen LogP) is 4.45. The van der Waals surface area contributed by atoms with Gasteiger partial charge in [0.1, 0.15) is 11.9 Å². The summed E-state index contributed by atoms with van der Waals surface area (Å²) in [5.74, 6) is 1.79. The van der Waals surface area contributed by atoms with Gasteiger partial charge in [-0.1, -0.05) is 37.3 Å². The summed E-state index contributed by atoms with van der Waals surface area (Å²) in [5.41, 5.74) is 1.74.